The molecule has 1 N–H and O–H groups in total. The van der Waals surface area contributed by atoms with E-state index >= 15 is 0 Å². The highest BCUT2D eigenvalue weighted by Crippen LogP contribution is 2.47. The van der Waals surface area contributed by atoms with Gasteiger partial charge in [-0.3, -0.25) is 9.59 Å². The second-order valence-corrected chi connectivity index (χ2v) is 8.71. The van der Waals surface area contributed by atoms with Gasteiger partial charge in [0.2, 0.25) is 0 Å². The predicted octanol–water partition coefficient (Wildman–Crippen LogP) is 3.15. The highest BCUT2D eigenvalue weighted by molar-refractivity contribution is 8.00. The van der Waals surface area contributed by atoms with Crippen LogP contribution in [0.2, 0.25) is 0 Å². The Balaban J connectivity index is 2.08. The topological polar surface area (TPSA) is 66.8 Å². The zero-order valence-electron chi connectivity index (χ0n) is 14.0. The van der Waals surface area contributed by atoms with Crippen LogP contribution < -0.4 is 0 Å². The highest BCUT2D eigenvalue weighted by Gasteiger charge is 2.42. The maximum Gasteiger partial charge on any atom is 0.264 e. The number of ketones is 1. The van der Waals surface area contributed by atoms with E-state index in [-0.39, 0.29) is 11.7 Å². The molecule has 0 atom stereocenters. The fraction of sp³-hybridized carbons (Fsp3) is 0.529. The van der Waals surface area contributed by atoms with Crippen LogP contribution in [0.1, 0.15) is 39.4 Å². The van der Waals surface area contributed by atoms with Gasteiger partial charge >= 0.3 is 0 Å². The summed E-state index contributed by atoms with van der Waals surface area (Å²) >= 11 is 2.87. The number of fused-ring (bicyclic) bond motifs is 1. The van der Waals surface area contributed by atoms with Crippen LogP contribution in [-0.4, -0.2) is 54.3 Å². The van der Waals surface area contributed by atoms with E-state index in [0.717, 1.165) is 16.0 Å². The maximum absolute atomic E-state index is 13.0. The summed E-state index contributed by atoms with van der Waals surface area (Å²) in [6, 6.07) is 0. The molecule has 1 fully saturated rings. The Morgan fingerprint density at radius 1 is 1.38 bits per heavy atom. The second kappa shape index (κ2) is 6.54. The van der Waals surface area contributed by atoms with Crippen LogP contribution in [-0.2, 0) is 11.2 Å². The maximum atomic E-state index is 13.0. The van der Waals surface area contributed by atoms with Crippen molar-refractivity contribution < 1.29 is 19.4 Å². The van der Waals surface area contributed by atoms with E-state index in [1.807, 2.05) is 20.1 Å². The van der Waals surface area contributed by atoms with Crippen LogP contribution in [0.5, 0.6) is 0 Å². The van der Waals surface area contributed by atoms with Crippen LogP contribution in [0.3, 0.4) is 0 Å². The second-order valence-electron chi connectivity index (χ2n) is 6.61. The van der Waals surface area contributed by atoms with Crippen molar-refractivity contribution in [1.82, 2.24) is 4.90 Å². The number of rotatable bonds is 2. The number of ether oxygens (including phenoxy) is 1. The highest BCUT2D eigenvalue weighted by atomic mass is 32.2. The zero-order valence-corrected chi connectivity index (χ0v) is 15.7. The van der Waals surface area contributed by atoms with Gasteiger partial charge < -0.3 is 14.7 Å². The lowest BCUT2D eigenvalue weighted by molar-refractivity contribution is 0.0305. The van der Waals surface area contributed by atoms with Gasteiger partial charge in [0.25, 0.3) is 5.91 Å². The number of amides is 1. The Morgan fingerprint density at radius 2 is 2.04 bits per heavy atom. The van der Waals surface area contributed by atoms with Crippen molar-refractivity contribution in [1.29, 1.82) is 0 Å². The van der Waals surface area contributed by atoms with E-state index in [4.69, 9.17) is 4.74 Å². The van der Waals surface area contributed by atoms with E-state index in [0.29, 0.717) is 48.7 Å². The first-order chi connectivity index (χ1) is 11.4. The molecule has 3 rings (SSSR count). The molecule has 1 aromatic heterocycles. The minimum atomic E-state index is -0.490. The molecular formula is C17H21NO4S2. The molecule has 1 saturated heterocycles. The third-order valence-corrected chi connectivity index (χ3v) is 6.94. The largest absolute Gasteiger partial charge is 0.515 e. The van der Waals surface area contributed by atoms with Gasteiger partial charge in [-0.05, 0) is 18.2 Å². The summed E-state index contributed by atoms with van der Waals surface area (Å²) in [5.74, 6) is -0.176. The Hall–Kier alpha value is -1.31. The summed E-state index contributed by atoms with van der Waals surface area (Å²) < 4.78 is 6.17. The molecule has 7 heteroatoms. The van der Waals surface area contributed by atoms with Gasteiger partial charge in [-0.2, -0.15) is 0 Å². The van der Waals surface area contributed by atoms with E-state index in [9.17, 15) is 14.7 Å². The molecule has 1 aromatic rings. The first kappa shape index (κ1) is 17.5. The monoisotopic (exact) mass is 367 g/mol. The van der Waals surface area contributed by atoms with Crippen molar-refractivity contribution in [3.05, 3.63) is 27.8 Å². The first-order valence-corrected chi connectivity index (χ1v) is 9.91. The molecule has 2 aliphatic rings. The number of nitrogens with zero attached hydrogens (tertiary/aromatic N) is 1. The van der Waals surface area contributed by atoms with Gasteiger partial charge in [0, 0.05) is 24.1 Å². The van der Waals surface area contributed by atoms with Gasteiger partial charge in [-0.1, -0.05) is 13.8 Å². The molecule has 0 bridgehead atoms. The molecule has 0 spiro atoms. The summed E-state index contributed by atoms with van der Waals surface area (Å²) in [5.41, 5.74) is 1.36. The Bertz CT molecular complexity index is 714. The fourth-order valence-electron chi connectivity index (χ4n) is 3.28. The Labute approximate surface area is 149 Å². The molecule has 130 valence electrons. The van der Waals surface area contributed by atoms with Crippen molar-refractivity contribution in [2.45, 2.75) is 24.5 Å². The van der Waals surface area contributed by atoms with Crippen LogP contribution in [0, 0.1) is 5.41 Å². The number of allylic oxidation sites excluding steroid dienone is 1. The molecule has 0 radical (unpaired) electrons. The average molecular weight is 367 g/mol. The number of aliphatic hydroxyl groups excluding tert-OH is 1. The number of thiophene rings is 1. The van der Waals surface area contributed by atoms with Gasteiger partial charge in [-0.25, -0.2) is 0 Å². The van der Waals surface area contributed by atoms with E-state index in [2.05, 4.69) is 0 Å². The number of hydrogen-bond donors (Lipinski definition) is 1. The van der Waals surface area contributed by atoms with E-state index in [1.165, 1.54) is 23.1 Å². The quantitative estimate of drug-likeness (QED) is 0.494. The summed E-state index contributed by atoms with van der Waals surface area (Å²) in [6.07, 6.45) is 3.41. The molecule has 0 aromatic carbocycles. The van der Waals surface area contributed by atoms with Crippen molar-refractivity contribution >= 4 is 34.8 Å². The summed E-state index contributed by atoms with van der Waals surface area (Å²) in [6.45, 7) is 6.12. The third-order valence-electron chi connectivity index (χ3n) is 4.60. The van der Waals surface area contributed by atoms with Crippen LogP contribution in [0.15, 0.2) is 16.0 Å². The Kier molecular flexibility index (Phi) is 4.77. The minimum Gasteiger partial charge on any atom is -0.515 e. The number of hydrogen-bond acceptors (Lipinski definition) is 6. The summed E-state index contributed by atoms with van der Waals surface area (Å²) in [5, 5.41) is 9.53. The van der Waals surface area contributed by atoms with Crippen LogP contribution in [0.25, 0.3) is 0 Å². The predicted molar refractivity (Wildman–Crippen MR) is 95.3 cm³/mol. The van der Waals surface area contributed by atoms with Gasteiger partial charge in [0.1, 0.15) is 0 Å². The van der Waals surface area contributed by atoms with Crippen molar-refractivity contribution in [3.63, 3.8) is 0 Å². The number of aliphatic hydroxyl groups is 1. The number of carbonyl (C=O) groups excluding carboxylic acids is 2. The minimum absolute atomic E-state index is 0.0140. The summed E-state index contributed by atoms with van der Waals surface area (Å²) in [4.78, 5) is 28.3. The average Bonchev–Trinajstić information content (AvgIpc) is 2.92. The third kappa shape index (κ3) is 2.78. The number of morpholine rings is 1. The molecule has 5 nitrogen and oxygen atoms in total. The molecule has 24 heavy (non-hydrogen) atoms. The van der Waals surface area contributed by atoms with E-state index in [1.54, 1.807) is 4.90 Å². The zero-order chi connectivity index (χ0) is 17.5. The lowest BCUT2D eigenvalue weighted by atomic mass is 9.71. The van der Waals surface area contributed by atoms with Gasteiger partial charge in [-0.15, -0.1) is 23.1 Å². The molecule has 0 saturated carbocycles. The lowest BCUT2D eigenvalue weighted by Gasteiger charge is -2.32. The normalized spacial score (nSPS) is 21.9. The van der Waals surface area contributed by atoms with Crippen molar-refractivity contribution in [2.24, 2.45) is 5.41 Å². The SMILES string of the molecule is CSc1sc(C(=O)N2CCOCC2)c2c1C(=O)C(=CO)C(C)(C)C2. The molecule has 1 aliphatic carbocycles. The van der Waals surface area contributed by atoms with Crippen LogP contribution >= 0.6 is 23.1 Å². The smallest absolute Gasteiger partial charge is 0.264 e. The fourth-order valence-corrected chi connectivity index (χ4v) is 5.30. The molecular weight excluding hydrogens is 346 g/mol. The lowest BCUT2D eigenvalue weighted by Crippen LogP contribution is -2.41. The molecule has 2 heterocycles. The standard InChI is InChI=1S/C17H21NO4S2/c1-17(2)8-10-12(13(20)11(17)9-19)16(23-3)24-14(10)15(21)18-4-6-22-7-5-18/h9,19H,4-8H2,1-3H3. The van der Waals surface area contributed by atoms with E-state index < -0.39 is 5.41 Å². The molecule has 0 unspecified atom stereocenters. The number of carbonyl (C=O) groups is 2. The first-order valence-electron chi connectivity index (χ1n) is 7.87. The summed E-state index contributed by atoms with van der Waals surface area (Å²) in [7, 11) is 0. The molecule has 1 amide bonds. The van der Waals surface area contributed by atoms with Crippen molar-refractivity contribution in [3.8, 4) is 0 Å². The Morgan fingerprint density at radius 3 is 2.62 bits per heavy atom. The van der Waals surface area contributed by atoms with Gasteiger partial charge in [0.05, 0.1) is 34.1 Å². The molecule has 1 aliphatic heterocycles. The number of thioether (sulfide) groups is 1. The van der Waals surface area contributed by atoms with Gasteiger partial charge in [0.15, 0.2) is 5.78 Å². The van der Waals surface area contributed by atoms with Crippen molar-refractivity contribution in [2.75, 3.05) is 32.6 Å². The van der Waals surface area contributed by atoms with Crippen LogP contribution in [0.4, 0.5) is 0 Å². The number of Topliss-reactive ketones (excluding diaryl/α,β-unsaturated/α-hetero) is 1.